The second kappa shape index (κ2) is 19.4. The molecule has 2 atom stereocenters. The zero-order valence-electron chi connectivity index (χ0n) is 53.3. The van der Waals surface area contributed by atoms with Gasteiger partial charge in [-0.15, -0.1) is 0 Å². The van der Waals surface area contributed by atoms with Crippen LogP contribution in [0, 0.1) is 11.8 Å². The third-order valence-corrected chi connectivity index (χ3v) is 22.2. The summed E-state index contributed by atoms with van der Waals surface area (Å²) in [5.41, 5.74) is 32.8. The molecular weight excluding hydrogens is 1080 g/mol. The Bertz CT molecular complexity index is 5000. The molecule has 0 amide bonds. The van der Waals surface area contributed by atoms with E-state index in [1.54, 1.807) is 5.57 Å². The highest BCUT2D eigenvalue weighted by atomic mass is 15.1. The van der Waals surface area contributed by atoms with Gasteiger partial charge in [-0.3, -0.25) is 0 Å². The minimum atomic E-state index is -0.178. The van der Waals surface area contributed by atoms with E-state index in [0.717, 1.165) is 34.1 Å². The second-order valence-corrected chi connectivity index (χ2v) is 28.5. The molecule has 0 saturated carbocycles. The van der Waals surface area contributed by atoms with Gasteiger partial charge in [0.15, 0.2) is 0 Å². The van der Waals surface area contributed by atoms with Gasteiger partial charge < -0.3 is 9.80 Å². The molecule has 2 heteroatoms. The molecule has 0 radical (unpaired) electrons. The molecule has 0 aliphatic heterocycles. The molecule has 0 spiro atoms. The van der Waals surface area contributed by atoms with E-state index in [9.17, 15) is 0 Å². The highest BCUT2D eigenvalue weighted by molar-refractivity contribution is 6.23. The van der Waals surface area contributed by atoms with Gasteiger partial charge in [0, 0.05) is 55.8 Å². The third kappa shape index (κ3) is 7.70. The molecule has 2 nitrogen and oxygen atoms in total. The number of hydrogen-bond donors (Lipinski definition) is 0. The Labute approximate surface area is 531 Å². The van der Waals surface area contributed by atoms with E-state index >= 15 is 0 Å². The number of benzene rings is 12. The molecular formula is C88H74N2. The van der Waals surface area contributed by atoms with Crippen LogP contribution in [0.15, 0.2) is 260 Å². The first-order chi connectivity index (χ1) is 43.5. The van der Waals surface area contributed by atoms with Crippen LogP contribution in [-0.2, 0) is 21.7 Å². The third-order valence-electron chi connectivity index (χ3n) is 22.2. The molecule has 2 unspecified atom stereocenters. The van der Waals surface area contributed by atoms with Crippen molar-refractivity contribution in [3.05, 3.63) is 305 Å². The molecule has 0 aromatic heterocycles. The van der Waals surface area contributed by atoms with Gasteiger partial charge in [0.2, 0.25) is 0 Å². The maximum Gasteiger partial charge on any atom is 0.0468 e. The summed E-state index contributed by atoms with van der Waals surface area (Å²) >= 11 is 0. The Balaban J connectivity index is 0.907. The van der Waals surface area contributed by atoms with Gasteiger partial charge in [-0.25, -0.2) is 0 Å². The molecule has 90 heavy (non-hydrogen) atoms. The summed E-state index contributed by atoms with van der Waals surface area (Å²) < 4.78 is 0. The standard InChI is InChI=1S/C88H74N2/c1-53-33-40-72-69-44-37-62(52-81(69)88(9,10)84(72)54(53)2)90(61-36-43-68-65-29-19-22-32-77(65)87(7,8)80(68)51-61)58-39-46-71-74(48-58)83(56-25-15-12-16-26-56)70-45-38-57(47-73(70)82(71)55-23-13-11-14-24-55)89(59-34-41-66-63-27-17-20-30-75(63)85(3,4)78(66)49-59)60-35-42-67-64-28-18-21-31-76(64)86(5,6)79(67)50-60/h11-54H,1-10H3. The van der Waals surface area contributed by atoms with E-state index in [0.29, 0.717) is 11.8 Å². The minimum absolute atomic E-state index is 0.139. The Kier molecular flexibility index (Phi) is 11.7. The summed E-state index contributed by atoms with van der Waals surface area (Å²) in [6.07, 6.45) is 4.83. The molecule has 12 aromatic carbocycles. The number of allylic oxidation sites excluding steroid dienone is 4. The van der Waals surface area contributed by atoms with E-state index in [1.807, 2.05) is 0 Å². The monoisotopic (exact) mass is 1160 g/mol. The highest BCUT2D eigenvalue weighted by Crippen LogP contribution is 2.58. The van der Waals surface area contributed by atoms with E-state index in [4.69, 9.17) is 0 Å². The lowest BCUT2D eigenvalue weighted by atomic mass is 9.71. The van der Waals surface area contributed by atoms with Crippen LogP contribution in [0.4, 0.5) is 34.1 Å². The average Bonchev–Trinajstić information content (AvgIpc) is 1.55. The Morgan fingerprint density at radius 2 is 0.589 bits per heavy atom. The summed E-state index contributed by atoms with van der Waals surface area (Å²) in [5, 5.41) is 4.83. The van der Waals surface area contributed by atoms with Crippen LogP contribution in [-0.4, -0.2) is 0 Å². The van der Waals surface area contributed by atoms with Gasteiger partial charge in [-0.2, -0.15) is 0 Å². The van der Waals surface area contributed by atoms with Gasteiger partial charge in [0.25, 0.3) is 0 Å². The van der Waals surface area contributed by atoms with Gasteiger partial charge >= 0.3 is 0 Å². The normalized spacial score (nSPS) is 17.7. The van der Waals surface area contributed by atoms with Crippen molar-refractivity contribution >= 4 is 61.2 Å². The molecule has 0 saturated heterocycles. The summed E-state index contributed by atoms with van der Waals surface area (Å²) in [6, 6.07) is 93.1. The zero-order chi connectivity index (χ0) is 61.3. The number of nitrogens with zero attached hydrogens (tertiary/aromatic N) is 2. The fourth-order valence-corrected chi connectivity index (χ4v) is 17.4. The number of anilines is 6. The van der Waals surface area contributed by atoms with Crippen LogP contribution in [0.2, 0.25) is 0 Å². The summed E-state index contributed by atoms with van der Waals surface area (Å²) in [5.74, 6) is 0.935. The van der Waals surface area contributed by atoms with Crippen molar-refractivity contribution in [2.24, 2.45) is 11.8 Å². The topological polar surface area (TPSA) is 6.48 Å². The van der Waals surface area contributed by atoms with Gasteiger partial charge in [0.05, 0.1) is 0 Å². The van der Waals surface area contributed by atoms with E-state index in [2.05, 4.69) is 334 Å². The summed E-state index contributed by atoms with van der Waals surface area (Å²) in [4.78, 5) is 5.10. The number of fused-ring (bicyclic) bond motifs is 13. The lowest BCUT2D eigenvalue weighted by Gasteiger charge is -2.34. The average molecular weight is 1160 g/mol. The fraction of sp³-hybridized carbons (Fsp3) is 0.182. The minimum Gasteiger partial charge on any atom is -0.310 e. The van der Waals surface area contributed by atoms with Crippen LogP contribution in [0.25, 0.3) is 82.8 Å². The molecule has 0 fully saturated rings. The zero-order valence-corrected chi connectivity index (χ0v) is 53.3. The molecule has 5 aliphatic carbocycles. The number of hydrogen-bond acceptors (Lipinski definition) is 2. The van der Waals surface area contributed by atoms with Crippen LogP contribution >= 0.6 is 0 Å². The first kappa shape index (κ1) is 54.4. The van der Waals surface area contributed by atoms with Crippen molar-refractivity contribution in [2.45, 2.75) is 90.9 Å². The van der Waals surface area contributed by atoms with Crippen molar-refractivity contribution < 1.29 is 0 Å². The predicted octanol–water partition coefficient (Wildman–Crippen LogP) is 24.1. The van der Waals surface area contributed by atoms with Crippen LogP contribution in [0.3, 0.4) is 0 Å². The molecule has 5 aliphatic rings. The first-order valence-corrected chi connectivity index (χ1v) is 32.6. The Morgan fingerprint density at radius 3 is 0.978 bits per heavy atom. The van der Waals surface area contributed by atoms with E-state index in [-0.39, 0.29) is 21.7 Å². The molecule has 436 valence electrons. The van der Waals surface area contributed by atoms with Crippen molar-refractivity contribution in [1.29, 1.82) is 0 Å². The molecule has 0 bridgehead atoms. The Morgan fingerprint density at radius 1 is 0.278 bits per heavy atom. The van der Waals surface area contributed by atoms with Crippen molar-refractivity contribution in [2.75, 3.05) is 9.80 Å². The number of rotatable bonds is 8. The highest BCUT2D eigenvalue weighted by Gasteiger charge is 2.43. The van der Waals surface area contributed by atoms with Gasteiger partial charge in [-0.05, 0) is 217 Å². The second-order valence-electron chi connectivity index (χ2n) is 28.5. The van der Waals surface area contributed by atoms with Crippen LogP contribution in [0.5, 0.6) is 0 Å². The quantitative estimate of drug-likeness (QED) is 0.140. The van der Waals surface area contributed by atoms with Crippen molar-refractivity contribution in [1.82, 2.24) is 0 Å². The molecule has 0 heterocycles. The summed E-state index contributed by atoms with van der Waals surface area (Å²) in [7, 11) is 0. The van der Waals surface area contributed by atoms with Gasteiger partial charge in [-0.1, -0.05) is 251 Å². The summed E-state index contributed by atoms with van der Waals surface area (Å²) in [6.45, 7) is 24.1. The SMILES string of the molecule is CC1C=CC2=C(C1C)C(C)(C)c1cc(N(c3ccc4c(c3)C(C)(C)c3ccccc3-4)c3ccc4c(-c5ccccc5)c5cc(N(c6ccc7c(c6)C(C)(C)c6ccccc6-7)c6ccc7c(c6)C(C)(C)c6ccccc6-7)ccc5c(-c5ccccc5)c4c3)ccc12. The predicted molar refractivity (Wildman–Crippen MR) is 382 cm³/mol. The lowest BCUT2D eigenvalue weighted by Crippen LogP contribution is -2.26. The largest absolute Gasteiger partial charge is 0.310 e. The van der Waals surface area contributed by atoms with Crippen molar-refractivity contribution in [3.63, 3.8) is 0 Å². The fourth-order valence-electron chi connectivity index (χ4n) is 17.4. The molecule has 12 aromatic rings. The van der Waals surface area contributed by atoms with Crippen molar-refractivity contribution in [3.8, 4) is 55.6 Å². The Hall–Kier alpha value is -9.76. The van der Waals surface area contributed by atoms with Crippen LogP contribution < -0.4 is 9.80 Å². The smallest absolute Gasteiger partial charge is 0.0468 e. The maximum absolute atomic E-state index is 2.56. The van der Waals surface area contributed by atoms with Crippen LogP contribution in [0.1, 0.15) is 114 Å². The van der Waals surface area contributed by atoms with E-state index < -0.39 is 0 Å². The first-order valence-electron chi connectivity index (χ1n) is 32.6. The maximum atomic E-state index is 2.56. The molecule has 0 N–H and O–H groups in total. The van der Waals surface area contributed by atoms with Gasteiger partial charge in [0.1, 0.15) is 0 Å². The lowest BCUT2D eigenvalue weighted by molar-refractivity contribution is 0.453. The molecule has 17 rings (SSSR count). The van der Waals surface area contributed by atoms with E-state index in [1.165, 1.54) is 127 Å².